The van der Waals surface area contributed by atoms with Gasteiger partial charge in [0.05, 0.1) is 17.2 Å². The number of hydrogen-bond donors (Lipinski definition) is 0. The number of nitrogens with zero attached hydrogens (tertiary/aromatic N) is 4. The van der Waals surface area contributed by atoms with E-state index in [1.165, 1.54) is 6.33 Å². The molecule has 5 nitrogen and oxygen atoms in total. The topological polar surface area (TPSA) is 51.0 Å². The maximum atomic E-state index is 12.3. The van der Waals surface area contributed by atoms with E-state index in [9.17, 15) is 4.79 Å². The molecule has 0 bridgehead atoms. The van der Waals surface area contributed by atoms with E-state index in [4.69, 9.17) is 0 Å². The Morgan fingerprint density at radius 1 is 1.29 bits per heavy atom. The maximum absolute atomic E-state index is 12.3. The zero-order valence-corrected chi connectivity index (χ0v) is 9.33. The van der Waals surface area contributed by atoms with Crippen LogP contribution in [0.2, 0.25) is 0 Å². The van der Waals surface area contributed by atoms with Crippen LogP contribution in [0.4, 0.5) is 0 Å². The minimum Gasteiger partial charge on any atom is -0.333 e. The maximum Gasteiger partial charge on any atom is 0.270 e. The van der Waals surface area contributed by atoms with Gasteiger partial charge in [0.25, 0.3) is 5.91 Å². The Morgan fingerprint density at radius 2 is 2.18 bits per heavy atom. The molecule has 86 valence electrons. The van der Waals surface area contributed by atoms with E-state index < -0.39 is 0 Å². The molecule has 1 saturated carbocycles. The van der Waals surface area contributed by atoms with Gasteiger partial charge in [-0.25, -0.2) is 9.97 Å². The number of rotatable bonds is 1. The molecule has 1 aliphatic heterocycles. The van der Waals surface area contributed by atoms with Crippen molar-refractivity contribution >= 4 is 16.9 Å². The van der Waals surface area contributed by atoms with E-state index in [0.717, 1.165) is 42.7 Å². The van der Waals surface area contributed by atoms with Gasteiger partial charge in [0.1, 0.15) is 12.0 Å². The third kappa shape index (κ3) is 1.22. The lowest BCUT2D eigenvalue weighted by Crippen LogP contribution is -2.41. The summed E-state index contributed by atoms with van der Waals surface area (Å²) >= 11 is 0. The smallest absolute Gasteiger partial charge is 0.270 e. The molecule has 2 aromatic rings. The van der Waals surface area contributed by atoms with Gasteiger partial charge in [-0.15, -0.1) is 0 Å². The lowest BCUT2D eigenvalue weighted by molar-refractivity contribution is 0.0693. The van der Waals surface area contributed by atoms with Crippen molar-refractivity contribution in [2.75, 3.05) is 6.54 Å². The summed E-state index contributed by atoms with van der Waals surface area (Å²) in [5, 5.41) is 0. The second-order valence-electron chi connectivity index (χ2n) is 4.70. The fourth-order valence-electron chi connectivity index (χ4n) is 2.60. The average molecular weight is 228 g/mol. The standard InChI is InChI=1S/C12H12N4O/c17-12-10-5-9-11(6-13-7-14-9)16(10)4-3-15(12)8-1-2-8/h5-8H,1-4H2. The minimum absolute atomic E-state index is 0.150. The van der Waals surface area contributed by atoms with Gasteiger partial charge in [0, 0.05) is 19.1 Å². The SMILES string of the molecule is O=C1c2cc3ncncc3n2CCN1C1CC1. The fourth-order valence-corrected chi connectivity index (χ4v) is 2.60. The minimum atomic E-state index is 0.150. The van der Waals surface area contributed by atoms with Crippen molar-refractivity contribution < 1.29 is 4.79 Å². The van der Waals surface area contributed by atoms with Gasteiger partial charge in [-0.1, -0.05) is 0 Å². The fraction of sp³-hybridized carbons (Fsp3) is 0.417. The van der Waals surface area contributed by atoms with Gasteiger partial charge in [-0.2, -0.15) is 0 Å². The van der Waals surface area contributed by atoms with E-state index in [1.807, 2.05) is 15.5 Å². The first kappa shape index (κ1) is 9.15. The van der Waals surface area contributed by atoms with Crippen LogP contribution in [0.15, 0.2) is 18.6 Å². The summed E-state index contributed by atoms with van der Waals surface area (Å²) in [6.45, 7) is 1.67. The Balaban J connectivity index is 1.88. The van der Waals surface area contributed by atoms with Crippen LogP contribution in [0.1, 0.15) is 23.3 Å². The Kier molecular flexibility index (Phi) is 1.65. The highest BCUT2D eigenvalue weighted by molar-refractivity contribution is 5.98. The highest BCUT2D eigenvalue weighted by Gasteiger charge is 2.36. The Morgan fingerprint density at radius 3 is 3.00 bits per heavy atom. The summed E-state index contributed by atoms with van der Waals surface area (Å²) in [4.78, 5) is 22.6. The summed E-state index contributed by atoms with van der Waals surface area (Å²) in [7, 11) is 0. The zero-order chi connectivity index (χ0) is 11.4. The molecule has 5 heteroatoms. The van der Waals surface area contributed by atoms with Gasteiger partial charge in [-0.05, 0) is 18.9 Å². The summed E-state index contributed by atoms with van der Waals surface area (Å²) in [5.74, 6) is 0.150. The highest BCUT2D eigenvalue weighted by Crippen LogP contribution is 2.31. The molecule has 17 heavy (non-hydrogen) atoms. The molecule has 1 amide bonds. The number of fused-ring (bicyclic) bond motifs is 3. The van der Waals surface area contributed by atoms with Crippen LogP contribution in [-0.2, 0) is 6.54 Å². The van der Waals surface area contributed by atoms with Crippen LogP contribution in [0.5, 0.6) is 0 Å². The zero-order valence-electron chi connectivity index (χ0n) is 9.33. The molecular weight excluding hydrogens is 216 g/mol. The second kappa shape index (κ2) is 3.06. The third-order valence-corrected chi connectivity index (χ3v) is 3.61. The first-order valence-electron chi connectivity index (χ1n) is 5.95. The Bertz CT molecular complexity index is 614. The molecule has 0 saturated heterocycles. The molecule has 0 radical (unpaired) electrons. The van der Waals surface area contributed by atoms with E-state index >= 15 is 0 Å². The number of amides is 1. The van der Waals surface area contributed by atoms with Crippen LogP contribution >= 0.6 is 0 Å². The van der Waals surface area contributed by atoms with Crippen molar-refractivity contribution in [3.8, 4) is 0 Å². The van der Waals surface area contributed by atoms with Crippen molar-refractivity contribution in [1.82, 2.24) is 19.4 Å². The van der Waals surface area contributed by atoms with Crippen molar-refractivity contribution in [1.29, 1.82) is 0 Å². The molecular formula is C12H12N4O. The van der Waals surface area contributed by atoms with Gasteiger partial charge in [-0.3, -0.25) is 4.79 Å². The number of carbonyl (C=O) groups is 1. The number of aromatic nitrogens is 3. The van der Waals surface area contributed by atoms with E-state index in [0.29, 0.717) is 6.04 Å². The van der Waals surface area contributed by atoms with Crippen LogP contribution < -0.4 is 0 Å². The molecule has 0 spiro atoms. The summed E-state index contributed by atoms with van der Waals surface area (Å²) in [5.41, 5.74) is 2.59. The lowest BCUT2D eigenvalue weighted by Gasteiger charge is -2.28. The quantitative estimate of drug-likeness (QED) is 0.733. The summed E-state index contributed by atoms with van der Waals surface area (Å²) in [6, 6.07) is 2.37. The molecule has 1 fully saturated rings. The Hall–Kier alpha value is -1.91. The number of carbonyl (C=O) groups excluding carboxylic acids is 1. The number of hydrogen-bond acceptors (Lipinski definition) is 3. The van der Waals surface area contributed by atoms with Crippen LogP contribution in [0, 0.1) is 0 Å². The molecule has 2 aliphatic rings. The predicted molar refractivity (Wildman–Crippen MR) is 61.6 cm³/mol. The van der Waals surface area contributed by atoms with Gasteiger partial charge in [0.2, 0.25) is 0 Å². The molecule has 2 aromatic heterocycles. The molecule has 0 aromatic carbocycles. The van der Waals surface area contributed by atoms with Crippen LogP contribution in [-0.4, -0.2) is 37.9 Å². The average Bonchev–Trinajstić information content (AvgIpc) is 3.11. The van der Waals surface area contributed by atoms with Gasteiger partial charge < -0.3 is 9.47 Å². The predicted octanol–water partition coefficient (Wildman–Crippen LogP) is 1.05. The van der Waals surface area contributed by atoms with E-state index in [-0.39, 0.29) is 5.91 Å². The molecule has 4 rings (SSSR count). The highest BCUT2D eigenvalue weighted by atomic mass is 16.2. The van der Waals surface area contributed by atoms with Gasteiger partial charge >= 0.3 is 0 Å². The molecule has 1 aliphatic carbocycles. The van der Waals surface area contributed by atoms with E-state index in [1.54, 1.807) is 6.20 Å². The third-order valence-electron chi connectivity index (χ3n) is 3.61. The molecule has 0 unspecified atom stereocenters. The summed E-state index contributed by atoms with van der Waals surface area (Å²) < 4.78 is 2.04. The Labute approximate surface area is 98.1 Å². The second-order valence-corrected chi connectivity index (χ2v) is 4.70. The largest absolute Gasteiger partial charge is 0.333 e. The van der Waals surface area contributed by atoms with Crippen molar-refractivity contribution in [2.45, 2.75) is 25.4 Å². The normalized spacial score (nSPS) is 19.8. The first-order chi connectivity index (χ1) is 8.34. The van der Waals surface area contributed by atoms with Crippen LogP contribution in [0.3, 0.4) is 0 Å². The van der Waals surface area contributed by atoms with Crippen molar-refractivity contribution in [3.63, 3.8) is 0 Å². The van der Waals surface area contributed by atoms with Crippen molar-refractivity contribution in [2.24, 2.45) is 0 Å². The van der Waals surface area contributed by atoms with E-state index in [2.05, 4.69) is 9.97 Å². The van der Waals surface area contributed by atoms with Gasteiger partial charge in [0.15, 0.2) is 0 Å². The molecule has 3 heterocycles. The monoisotopic (exact) mass is 228 g/mol. The molecule has 0 atom stereocenters. The first-order valence-corrected chi connectivity index (χ1v) is 5.95. The van der Waals surface area contributed by atoms with Crippen molar-refractivity contribution in [3.05, 3.63) is 24.3 Å². The molecule has 0 N–H and O–H groups in total. The lowest BCUT2D eigenvalue weighted by atomic mass is 10.3. The van der Waals surface area contributed by atoms with Crippen LogP contribution in [0.25, 0.3) is 11.0 Å². The summed E-state index contributed by atoms with van der Waals surface area (Å²) in [6.07, 6.45) is 5.63.